The summed E-state index contributed by atoms with van der Waals surface area (Å²) in [5.41, 5.74) is 1.42. The van der Waals surface area contributed by atoms with Gasteiger partial charge in [-0.05, 0) is 36.4 Å². The first-order chi connectivity index (χ1) is 8.75. The highest BCUT2D eigenvalue weighted by molar-refractivity contribution is 7.10. The first-order valence-electron chi connectivity index (χ1n) is 6.92. The number of aryl methyl sites for hydroxylation is 1. The molecule has 1 saturated heterocycles. The van der Waals surface area contributed by atoms with Gasteiger partial charge in [-0.15, -0.1) is 11.3 Å². The molecular formula is C14H25N3S. The summed E-state index contributed by atoms with van der Waals surface area (Å²) >= 11 is 1.86. The summed E-state index contributed by atoms with van der Waals surface area (Å²) in [5.74, 6) is 0.725. The van der Waals surface area contributed by atoms with Crippen LogP contribution in [0.1, 0.15) is 17.4 Å². The van der Waals surface area contributed by atoms with Crippen molar-refractivity contribution in [1.29, 1.82) is 0 Å². The molecule has 2 heterocycles. The summed E-state index contributed by atoms with van der Waals surface area (Å²) in [5, 5.41) is 9.16. The van der Waals surface area contributed by atoms with Crippen LogP contribution in [-0.4, -0.2) is 44.2 Å². The molecule has 4 heteroatoms. The van der Waals surface area contributed by atoms with Crippen molar-refractivity contribution in [3.8, 4) is 0 Å². The first-order valence-corrected chi connectivity index (χ1v) is 7.80. The third-order valence-corrected chi connectivity index (χ3v) is 4.55. The lowest BCUT2D eigenvalue weighted by molar-refractivity contribution is 0.209. The van der Waals surface area contributed by atoms with Crippen LogP contribution < -0.4 is 10.6 Å². The lowest BCUT2D eigenvalue weighted by Crippen LogP contribution is -2.45. The second kappa shape index (κ2) is 7.24. The average Bonchev–Trinajstić information content (AvgIpc) is 2.76. The summed E-state index contributed by atoms with van der Waals surface area (Å²) in [4.78, 5) is 4.04. The van der Waals surface area contributed by atoms with E-state index >= 15 is 0 Å². The van der Waals surface area contributed by atoms with E-state index in [9.17, 15) is 0 Å². The van der Waals surface area contributed by atoms with Crippen LogP contribution in [0, 0.1) is 12.8 Å². The zero-order chi connectivity index (χ0) is 12.8. The van der Waals surface area contributed by atoms with E-state index in [2.05, 4.69) is 40.8 Å². The third kappa shape index (κ3) is 4.35. The highest BCUT2D eigenvalue weighted by Gasteiger charge is 2.12. The lowest BCUT2D eigenvalue weighted by atomic mass is 10.1. The molecule has 0 spiro atoms. The maximum absolute atomic E-state index is 3.59. The number of rotatable bonds is 6. The molecule has 1 aromatic heterocycles. The van der Waals surface area contributed by atoms with Gasteiger partial charge < -0.3 is 15.5 Å². The molecule has 1 aliphatic heterocycles. The monoisotopic (exact) mass is 267 g/mol. The minimum Gasteiger partial charge on any atom is -0.314 e. The molecule has 2 rings (SSSR count). The van der Waals surface area contributed by atoms with Crippen molar-refractivity contribution in [2.45, 2.75) is 20.4 Å². The highest BCUT2D eigenvalue weighted by atomic mass is 32.1. The molecule has 0 bridgehead atoms. The smallest absolute Gasteiger partial charge is 0.0302 e. The summed E-state index contributed by atoms with van der Waals surface area (Å²) in [6, 6.07) is 2.20. The molecule has 1 aromatic rings. The maximum Gasteiger partial charge on any atom is 0.0302 e. The Bertz CT molecular complexity index is 345. The van der Waals surface area contributed by atoms with Crippen LogP contribution in [0.5, 0.6) is 0 Å². The standard InChI is InChI=1S/C14H25N3S/c1-12(11-17-6-4-15-5-7-17)9-16-10-14-13(2)3-8-18-14/h3,8,12,15-16H,4-7,9-11H2,1-2H3. The molecule has 1 aliphatic rings. The fourth-order valence-corrected chi connectivity index (χ4v) is 3.29. The first kappa shape index (κ1) is 14.0. The van der Waals surface area contributed by atoms with Crippen LogP contribution in [0.4, 0.5) is 0 Å². The van der Waals surface area contributed by atoms with Crippen LogP contribution in [-0.2, 0) is 6.54 Å². The maximum atomic E-state index is 3.59. The molecule has 0 aromatic carbocycles. The van der Waals surface area contributed by atoms with Gasteiger partial charge in [-0.2, -0.15) is 0 Å². The Labute approximate surface area is 115 Å². The fourth-order valence-electron chi connectivity index (χ4n) is 2.42. The molecule has 0 aliphatic carbocycles. The van der Waals surface area contributed by atoms with Gasteiger partial charge in [0.05, 0.1) is 0 Å². The predicted molar refractivity (Wildman–Crippen MR) is 79.2 cm³/mol. The quantitative estimate of drug-likeness (QED) is 0.821. The van der Waals surface area contributed by atoms with Gasteiger partial charge >= 0.3 is 0 Å². The Kier molecular flexibility index (Phi) is 5.63. The van der Waals surface area contributed by atoms with Crippen molar-refractivity contribution < 1.29 is 0 Å². The molecule has 0 saturated carbocycles. The van der Waals surface area contributed by atoms with E-state index in [1.54, 1.807) is 0 Å². The van der Waals surface area contributed by atoms with Gasteiger partial charge in [0.25, 0.3) is 0 Å². The van der Waals surface area contributed by atoms with E-state index in [-0.39, 0.29) is 0 Å². The van der Waals surface area contributed by atoms with Gasteiger partial charge in [0, 0.05) is 44.1 Å². The van der Waals surface area contributed by atoms with Gasteiger partial charge in [-0.25, -0.2) is 0 Å². The number of nitrogens with one attached hydrogen (secondary N) is 2. The Morgan fingerprint density at radius 3 is 2.89 bits per heavy atom. The molecule has 0 amide bonds. The van der Waals surface area contributed by atoms with Gasteiger partial charge in [0.15, 0.2) is 0 Å². The Morgan fingerprint density at radius 1 is 1.44 bits per heavy atom. The van der Waals surface area contributed by atoms with E-state index < -0.39 is 0 Å². The van der Waals surface area contributed by atoms with Crippen LogP contribution in [0.25, 0.3) is 0 Å². The Hall–Kier alpha value is -0.420. The van der Waals surface area contributed by atoms with Gasteiger partial charge in [0.1, 0.15) is 0 Å². The predicted octanol–water partition coefficient (Wildman–Crippen LogP) is 1.69. The van der Waals surface area contributed by atoms with Crippen molar-refractivity contribution in [2.24, 2.45) is 5.92 Å². The minimum atomic E-state index is 0.725. The van der Waals surface area contributed by atoms with Crippen molar-refractivity contribution in [3.05, 3.63) is 21.9 Å². The molecule has 102 valence electrons. The van der Waals surface area contributed by atoms with E-state index in [0.29, 0.717) is 0 Å². The number of hydrogen-bond acceptors (Lipinski definition) is 4. The van der Waals surface area contributed by atoms with Crippen molar-refractivity contribution in [2.75, 3.05) is 39.3 Å². The molecule has 18 heavy (non-hydrogen) atoms. The number of thiophene rings is 1. The van der Waals surface area contributed by atoms with E-state index in [1.165, 1.54) is 30.1 Å². The van der Waals surface area contributed by atoms with E-state index in [0.717, 1.165) is 32.1 Å². The largest absolute Gasteiger partial charge is 0.314 e. The highest BCUT2D eigenvalue weighted by Crippen LogP contribution is 2.14. The normalized spacial score (nSPS) is 19.0. The molecule has 1 fully saturated rings. The third-order valence-electron chi connectivity index (χ3n) is 3.53. The number of piperazine rings is 1. The van der Waals surface area contributed by atoms with Crippen LogP contribution in [0.15, 0.2) is 11.4 Å². The van der Waals surface area contributed by atoms with E-state index in [4.69, 9.17) is 0 Å². The SMILES string of the molecule is Cc1ccsc1CNCC(C)CN1CCNCC1. The topological polar surface area (TPSA) is 27.3 Å². The molecule has 3 nitrogen and oxygen atoms in total. The van der Waals surface area contributed by atoms with Crippen molar-refractivity contribution in [1.82, 2.24) is 15.5 Å². The fraction of sp³-hybridized carbons (Fsp3) is 0.714. The van der Waals surface area contributed by atoms with Gasteiger partial charge in [-0.3, -0.25) is 0 Å². The van der Waals surface area contributed by atoms with Crippen molar-refractivity contribution in [3.63, 3.8) is 0 Å². The number of nitrogens with zero attached hydrogens (tertiary/aromatic N) is 1. The molecular weight excluding hydrogens is 242 g/mol. The van der Waals surface area contributed by atoms with Crippen LogP contribution >= 0.6 is 11.3 Å². The van der Waals surface area contributed by atoms with E-state index in [1.807, 2.05) is 11.3 Å². The average molecular weight is 267 g/mol. The zero-order valence-electron chi connectivity index (χ0n) is 11.5. The molecule has 1 atom stereocenters. The number of hydrogen-bond donors (Lipinski definition) is 2. The van der Waals surface area contributed by atoms with Gasteiger partial charge in [0.2, 0.25) is 0 Å². The molecule has 0 radical (unpaired) electrons. The van der Waals surface area contributed by atoms with Crippen LogP contribution in [0.2, 0.25) is 0 Å². The second-order valence-corrected chi connectivity index (χ2v) is 6.31. The second-order valence-electron chi connectivity index (χ2n) is 5.31. The summed E-state index contributed by atoms with van der Waals surface area (Å²) < 4.78 is 0. The summed E-state index contributed by atoms with van der Waals surface area (Å²) in [7, 11) is 0. The summed E-state index contributed by atoms with van der Waals surface area (Å²) in [6.45, 7) is 12.6. The summed E-state index contributed by atoms with van der Waals surface area (Å²) in [6.07, 6.45) is 0. The van der Waals surface area contributed by atoms with Gasteiger partial charge in [-0.1, -0.05) is 6.92 Å². The minimum absolute atomic E-state index is 0.725. The molecule has 1 unspecified atom stereocenters. The van der Waals surface area contributed by atoms with Crippen LogP contribution in [0.3, 0.4) is 0 Å². The molecule has 2 N–H and O–H groups in total. The Balaban J connectivity index is 1.62. The zero-order valence-corrected chi connectivity index (χ0v) is 12.4. The Morgan fingerprint density at radius 2 is 2.22 bits per heavy atom. The lowest BCUT2D eigenvalue weighted by Gasteiger charge is -2.29. The van der Waals surface area contributed by atoms with Crippen molar-refractivity contribution >= 4 is 11.3 Å².